The summed E-state index contributed by atoms with van der Waals surface area (Å²) >= 11 is 0. The van der Waals surface area contributed by atoms with Gasteiger partial charge in [0.15, 0.2) is 0 Å². The van der Waals surface area contributed by atoms with Crippen LogP contribution in [0.25, 0.3) is 11.1 Å². The SMILES string of the molecule is Cc1c(O)ccc(N)c1-c1ccccc1. The Kier molecular flexibility index (Phi) is 2.34. The van der Waals surface area contributed by atoms with E-state index in [4.69, 9.17) is 5.73 Å². The Hall–Kier alpha value is -1.96. The van der Waals surface area contributed by atoms with Gasteiger partial charge in [0, 0.05) is 16.8 Å². The predicted molar refractivity (Wildman–Crippen MR) is 62.7 cm³/mol. The molecule has 0 amide bonds. The molecule has 0 bridgehead atoms. The lowest BCUT2D eigenvalue weighted by Crippen LogP contribution is -1.93. The second-order valence-corrected chi connectivity index (χ2v) is 3.54. The van der Waals surface area contributed by atoms with Crippen LogP contribution in [0.15, 0.2) is 42.5 Å². The minimum absolute atomic E-state index is 0.281. The maximum atomic E-state index is 9.63. The van der Waals surface area contributed by atoms with E-state index in [0.29, 0.717) is 5.69 Å². The van der Waals surface area contributed by atoms with Gasteiger partial charge < -0.3 is 10.8 Å². The van der Waals surface area contributed by atoms with E-state index in [-0.39, 0.29) is 5.75 Å². The lowest BCUT2D eigenvalue weighted by atomic mass is 9.98. The zero-order valence-corrected chi connectivity index (χ0v) is 8.57. The highest BCUT2D eigenvalue weighted by Gasteiger charge is 2.08. The van der Waals surface area contributed by atoms with Crippen LogP contribution in [0.4, 0.5) is 5.69 Å². The Balaban J connectivity index is 2.68. The summed E-state index contributed by atoms with van der Waals surface area (Å²) in [5.74, 6) is 0.281. The van der Waals surface area contributed by atoms with Gasteiger partial charge in [0.05, 0.1) is 0 Å². The van der Waals surface area contributed by atoms with Gasteiger partial charge in [-0.05, 0) is 24.6 Å². The first-order valence-corrected chi connectivity index (χ1v) is 4.83. The van der Waals surface area contributed by atoms with Crippen LogP contribution >= 0.6 is 0 Å². The first-order chi connectivity index (χ1) is 7.20. The summed E-state index contributed by atoms with van der Waals surface area (Å²) < 4.78 is 0. The maximum Gasteiger partial charge on any atom is 0.119 e. The molecule has 0 heterocycles. The number of hydrogen-bond acceptors (Lipinski definition) is 2. The average Bonchev–Trinajstić information content (AvgIpc) is 2.26. The molecule has 76 valence electrons. The molecule has 0 spiro atoms. The van der Waals surface area contributed by atoms with E-state index in [9.17, 15) is 5.11 Å². The number of hydrogen-bond donors (Lipinski definition) is 2. The first kappa shape index (κ1) is 9.59. The van der Waals surface area contributed by atoms with Gasteiger partial charge in [-0.15, -0.1) is 0 Å². The molecule has 2 nitrogen and oxygen atoms in total. The number of benzene rings is 2. The molecule has 3 N–H and O–H groups in total. The van der Waals surface area contributed by atoms with E-state index in [1.165, 1.54) is 0 Å². The number of aromatic hydroxyl groups is 1. The molecule has 0 saturated carbocycles. The highest BCUT2D eigenvalue weighted by atomic mass is 16.3. The minimum atomic E-state index is 0.281. The third kappa shape index (κ3) is 1.66. The predicted octanol–water partition coefficient (Wildman–Crippen LogP) is 2.95. The summed E-state index contributed by atoms with van der Waals surface area (Å²) in [4.78, 5) is 0. The highest BCUT2D eigenvalue weighted by Crippen LogP contribution is 2.34. The van der Waals surface area contributed by atoms with Crippen molar-refractivity contribution in [3.05, 3.63) is 48.0 Å². The number of phenolic OH excluding ortho intramolecular Hbond substituents is 1. The largest absolute Gasteiger partial charge is 0.508 e. The number of rotatable bonds is 1. The average molecular weight is 199 g/mol. The van der Waals surface area contributed by atoms with Gasteiger partial charge in [-0.1, -0.05) is 30.3 Å². The molecule has 15 heavy (non-hydrogen) atoms. The van der Waals surface area contributed by atoms with Crippen molar-refractivity contribution in [2.75, 3.05) is 5.73 Å². The quantitative estimate of drug-likeness (QED) is 0.548. The van der Waals surface area contributed by atoms with Gasteiger partial charge in [0.2, 0.25) is 0 Å². The summed E-state index contributed by atoms with van der Waals surface area (Å²) in [5, 5.41) is 9.63. The molecule has 0 aliphatic heterocycles. The molecule has 0 saturated heterocycles. The zero-order valence-electron chi connectivity index (χ0n) is 8.57. The van der Waals surface area contributed by atoms with Crippen molar-refractivity contribution in [3.8, 4) is 16.9 Å². The van der Waals surface area contributed by atoms with Crippen LogP contribution in [0.3, 0.4) is 0 Å². The van der Waals surface area contributed by atoms with Gasteiger partial charge in [-0.3, -0.25) is 0 Å². The second kappa shape index (κ2) is 3.65. The van der Waals surface area contributed by atoms with Gasteiger partial charge in [-0.25, -0.2) is 0 Å². The van der Waals surface area contributed by atoms with E-state index in [2.05, 4.69) is 0 Å². The summed E-state index contributed by atoms with van der Waals surface area (Å²) in [6.45, 7) is 1.87. The number of nitrogen functional groups attached to an aromatic ring is 1. The first-order valence-electron chi connectivity index (χ1n) is 4.83. The van der Waals surface area contributed by atoms with Crippen molar-refractivity contribution in [2.45, 2.75) is 6.92 Å². The Bertz CT molecular complexity index is 477. The summed E-state index contributed by atoms with van der Waals surface area (Å²) in [6.07, 6.45) is 0. The summed E-state index contributed by atoms with van der Waals surface area (Å²) in [5.41, 5.74) is 9.37. The fraction of sp³-hybridized carbons (Fsp3) is 0.0769. The van der Waals surface area contributed by atoms with Crippen LogP contribution in [-0.4, -0.2) is 5.11 Å². The van der Waals surface area contributed by atoms with Gasteiger partial charge in [0.1, 0.15) is 5.75 Å². The van der Waals surface area contributed by atoms with Crippen LogP contribution in [-0.2, 0) is 0 Å². The molecule has 2 rings (SSSR count). The molecule has 2 aromatic rings. The van der Waals surface area contributed by atoms with Crippen LogP contribution < -0.4 is 5.73 Å². The Morgan fingerprint density at radius 3 is 2.33 bits per heavy atom. The van der Waals surface area contributed by atoms with Crippen molar-refractivity contribution in [1.29, 1.82) is 0 Å². The lowest BCUT2D eigenvalue weighted by molar-refractivity contribution is 0.471. The third-order valence-corrected chi connectivity index (χ3v) is 2.53. The molecular weight excluding hydrogens is 186 g/mol. The molecule has 2 heteroatoms. The zero-order chi connectivity index (χ0) is 10.8. The van der Waals surface area contributed by atoms with Crippen LogP contribution in [0.5, 0.6) is 5.75 Å². The third-order valence-electron chi connectivity index (χ3n) is 2.53. The van der Waals surface area contributed by atoms with E-state index in [0.717, 1.165) is 16.7 Å². The molecule has 0 atom stereocenters. The monoisotopic (exact) mass is 199 g/mol. The molecule has 0 unspecified atom stereocenters. The minimum Gasteiger partial charge on any atom is -0.508 e. The molecule has 0 radical (unpaired) electrons. The van der Waals surface area contributed by atoms with Gasteiger partial charge in [0.25, 0.3) is 0 Å². The Labute approximate surface area is 89.0 Å². The molecular formula is C13H13NO. The molecule has 0 fully saturated rings. The molecule has 0 aromatic heterocycles. The molecule has 0 aliphatic rings. The normalized spacial score (nSPS) is 10.2. The summed E-state index contributed by atoms with van der Waals surface area (Å²) in [7, 11) is 0. The van der Waals surface area contributed by atoms with Crippen molar-refractivity contribution < 1.29 is 5.11 Å². The van der Waals surface area contributed by atoms with E-state index in [1.807, 2.05) is 37.3 Å². The highest BCUT2D eigenvalue weighted by molar-refractivity contribution is 5.81. The summed E-state index contributed by atoms with van der Waals surface area (Å²) in [6, 6.07) is 13.2. The van der Waals surface area contributed by atoms with Crippen LogP contribution in [0.1, 0.15) is 5.56 Å². The smallest absolute Gasteiger partial charge is 0.119 e. The number of phenols is 1. The molecule has 0 aliphatic carbocycles. The van der Waals surface area contributed by atoms with Crippen molar-refractivity contribution in [2.24, 2.45) is 0 Å². The number of anilines is 1. The Morgan fingerprint density at radius 1 is 1.00 bits per heavy atom. The van der Waals surface area contributed by atoms with E-state index < -0.39 is 0 Å². The van der Waals surface area contributed by atoms with Crippen molar-refractivity contribution in [1.82, 2.24) is 0 Å². The van der Waals surface area contributed by atoms with E-state index >= 15 is 0 Å². The van der Waals surface area contributed by atoms with Crippen molar-refractivity contribution in [3.63, 3.8) is 0 Å². The van der Waals surface area contributed by atoms with Crippen LogP contribution in [0, 0.1) is 6.92 Å². The lowest BCUT2D eigenvalue weighted by Gasteiger charge is -2.10. The standard InChI is InChI=1S/C13H13NO/c1-9-12(15)8-7-11(14)13(9)10-5-3-2-4-6-10/h2-8,15H,14H2,1H3. The fourth-order valence-corrected chi connectivity index (χ4v) is 1.71. The Morgan fingerprint density at radius 2 is 1.67 bits per heavy atom. The second-order valence-electron chi connectivity index (χ2n) is 3.54. The van der Waals surface area contributed by atoms with E-state index in [1.54, 1.807) is 12.1 Å². The number of nitrogens with two attached hydrogens (primary N) is 1. The fourth-order valence-electron chi connectivity index (χ4n) is 1.71. The molecule has 2 aromatic carbocycles. The topological polar surface area (TPSA) is 46.2 Å². The van der Waals surface area contributed by atoms with Crippen molar-refractivity contribution >= 4 is 5.69 Å². The van der Waals surface area contributed by atoms with Gasteiger partial charge in [-0.2, -0.15) is 0 Å². The van der Waals surface area contributed by atoms with Crippen LogP contribution in [0.2, 0.25) is 0 Å². The van der Waals surface area contributed by atoms with Gasteiger partial charge >= 0.3 is 0 Å². The maximum absolute atomic E-state index is 9.63.